The van der Waals surface area contributed by atoms with E-state index in [1.165, 1.54) is 4.90 Å². The van der Waals surface area contributed by atoms with E-state index < -0.39 is 0 Å². The molecule has 3 heteroatoms. The van der Waals surface area contributed by atoms with E-state index in [2.05, 4.69) is 0 Å². The minimum absolute atomic E-state index is 0.136. The highest BCUT2D eigenvalue weighted by Crippen LogP contribution is 2.09. The average Bonchev–Trinajstić information content (AvgIpc) is 2.11. The Kier molecular flexibility index (Phi) is 4.89. The Balaban J connectivity index is 4.93. The lowest BCUT2D eigenvalue weighted by Gasteiger charge is -2.12. The number of amides is 1. The molecular formula is C10H17NO2. The highest BCUT2D eigenvalue weighted by Gasteiger charge is 2.12. The summed E-state index contributed by atoms with van der Waals surface area (Å²) in [5.41, 5.74) is 0.370. The Labute approximate surface area is 79.4 Å². The number of aliphatic hydroxyl groups excluding tert-OH is 1. The van der Waals surface area contributed by atoms with E-state index in [1.807, 2.05) is 13.8 Å². The Morgan fingerprint density at radius 2 is 2.00 bits per heavy atom. The van der Waals surface area contributed by atoms with Gasteiger partial charge in [0.05, 0.1) is 5.57 Å². The van der Waals surface area contributed by atoms with Gasteiger partial charge in [-0.05, 0) is 6.92 Å². The molecule has 0 aliphatic heterocycles. The van der Waals surface area contributed by atoms with Crippen molar-refractivity contribution in [3.8, 4) is 0 Å². The van der Waals surface area contributed by atoms with Crippen LogP contribution in [0.15, 0.2) is 23.5 Å². The van der Waals surface area contributed by atoms with Crippen molar-refractivity contribution in [3.63, 3.8) is 0 Å². The van der Waals surface area contributed by atoms with Crippen molar-refractivity contribution in [2.24, 2.45) is 0 Å². The van der Waals surface area contributed by atoms with Crippen molar-refractivity contribution < 1.29 is 9.90 Å². The van der Waals surface area contributed by atoms with Gasteiger partial charge in [0.25, 0.3) is 5.91 Å². The summed E-state index contributed by atoms with van der Waals surface area (Å²) in [6.07, 6.45) is 3.84. The van der Waals surface area contributed by atoms with Gasteiger partial charge in [-0.3, -0.25) is 4.79 Å². The van der Waals surface area contributed by atoms with Crippen LogP contribution in [0.2, 0.25) is 0 Å². The molecule has 0 unspecified atom stereocenters. The number of carbonyl (C=O) groups is 1. The molecule has 0 spiro atoms. The number of aliphatic hydroxyl groups is 1. The van der Waals surface area contributed by atoms with Gasteiger partial charge in [-0.15, -0.1) is 0 Å². The molecule has 0 radical (unpaired) electrons. The van der Waals surface area contributed by atoms with Crippen molar-refractivity contribution in [3.05, 3.63) is 23.5 Å². The quantitative estimate of drug-likeness (QED) is 0.412. The molecule has 74 valence electrons. The van der Waals surface area contributed by atoms with Gasteiger partial charge in [-0.2, -0.15) is 0 Å². The second-order valence-corrected chi connectivity index (χ2v) is 2.91. The summed E-state index contributed by atoms with van der Waals surface area (Å²) in [7, 11) is 3.32. The van der Waals surface area contributed by atoms with Crippen LogP contribution in [0.25, 0.3) is 0 Å². The Hall–Kier alpha value is -1.25. The van der Waals surface area contributed by atoms with Crippen LogP contribution in [0.4, 0.5) is 0 Å². The van der Waals surface area contributed by atoms with Gasteiger partial charge in [0.2, 0.25) is 0 Å². The number of hydrogen-bond donors (Lipinski definition) is 1. The lowest BCUT2D eigenvalue weighted by molar-refractivity contribution is -0.124. The fourth-order valence-electron chi connectivity index (χ4n) is 0.889. The van der Waals surface area contributed by atoms with E-state index >= 15 is 0 Å². The number of carbonyl (C=O) groups excluding carboxylic acids is 1. The van der Waals surface area contributed by atoms with Gasteiger partial charge >= 0.3 is 0 Å². The van der Waals surface area contributed by atoms with Crippen molar-refractivity contribution in [2.45, 2.75) is 20.3 Å². The summed E-state index contributed by atoms with van der Waals surface area (Å²) >= 11 is 0. The summed E-state index contributed by atoms with van der Waals surface area (Å²) in [5.74, 6) is -0.0331. The van der Waals surface area contributed by atoms with Crippen LogP contribution in [0.3, 0.4) is 0 Å². The summed E-state index contributed by atoms with van der Waals surface area (Å²) in [4.78, 5) is 12.9. The molecule has 0 aromatic carbocycles. The fourth-order valence-corrected chi connectivity index (χ4v) is 0.889. The molecule has 0 fully saturated rings. The lowest BCUT2D eigenvalue weighted by atomic mass is 10.1. The van der Waals surface area contributed by atoms with Crippen molar-refractivity contribution >= 4 is 5.91 Å². The molecule has 1 N–H and O–H groups in total. The molecule has 3 nitrogen and oxygen atoms in total. The summed E-state index contributed by atoms with van der Waals surface area (Å²) in [6, 6.07) is 0. The lowest BCUT2D eigenvalue weighted by Crippen LogP contribution is -2.23. The number of nitrogens with zero attached hydrogens (tertiary/aromatic N) is 1. The van der Waals surface area contributed by atoms with Crippen molar-refractivity contribution in [2.75, 3.05) is 14.1 Å². The first kappa shape index (κ1) is 11.8. The van der Waals surface area contributed by atoms with E-state index in [0.29, 0.717) is 12.0 Å². The van der Waals surface area contributed by atoms with Gasteiger partial charge in [-0.25, -0.2) is 0 Å². The molecule has 0 bridgehead atoms. The zero-order chi connectivity index (χ0) is 10.4. The molecule has 0 heterocycles. The first-order valence-electron chi connectivity index (χ1n) is 4.31. The topological polar surface area (TPSA) is 40.5 Å². The Morgan fingerprint density at radius 1 is 1.46 bits per heavy atom. The third kappa shape index (κ3) is 3.32. The number of likely N-dealkylation sites (N-methyl/N-ethyl adjacent to an activating group) is 1. The standard InChI is InChI=1S/C10H17NO2/c1-5-7-8(9(12)6-2)10(13)11(3)4/h5,7,12H,6H2,1-4H3/b7-5-,9-8-. The summed E-state index contributed by atoms with van der Waals surface area (Å²) < 4.78 is 0. The molecule has 0 saturated carbocycles. The molecule has 0 aromatic heterocycles. The fraction of sp³-hybridized carbons (Fsp3) is 0.500. The van der Waals surface area contributed by atoms with Crippen molar-refractivity contribution in [1.29, 1.82) is 0 Å². The molecule has 13 heavy (non-hydrogen) atoms. The third-order valence-electron chi connectivity index (χ3n) is 1.62. The maximum absolute atomic E-state index is 11.5. The van der Waals surface area contributed by atoms with Gasteiger partial charge in [-0.1, -0.05) is 19.1 Å². The zero-order valence-corrected chi connectivity index (χ0v) is 8.66. The summed E-state index contributed by atoms with van der Waals surface area (Å²) in [6.45, 7) is 3.62. The zero-order valence-electron chi connectivity index (χ0n) is 8.66. The van der Waals surface area contributed by atoms with Crippen LogP contribution in [0.5, 0.6) is 0 Å². The van der Waals surface area contributed by atoms with Crippen LogP contribution in [0.1, 0.15) is 20.3 Å². The van der Waals surface area contributed by atoms with E-state index in [-0.39, 0.29) is 11.7 Å². The first-order valence-corrected chi connectivity index (χ1v) is 4.31. The SMILES string of the molecule is C/C=C\C(C(=O)N(C)C)=C(\O)CC. The predicted molar refractivity (Wildman–Crippen MR) is 53.5 cm³/mol. The Morgan fingerprint density at radius 3 is 2.31 bits per heavy atom. The van der Waals surface area contributed by atoms with Gasteiger partial charge in [0.1, 0.15) is 5.76 Å². The minimum Gasteiger partial charge on any atom is -0.511 e. The maximum atomic E-state index is 11.5. The highest BCUT2D eigenvalue weighted by atomic mass is 16.3. The van der Waals surface area contributed by atoms with Crippen LogP contribution < -0.4 is 0 Å². The third-order valence-corrected chi connectivity index (χ3v) is 1.62. The van der Waals surface area contributed by atoms with E-state index in [1.54, 1.807) is 26.2 Å². The van der Waals surface area contributed by atoms with Crippen molar-refractivity contribution in [1.82, 2.24) is 4.90 Å². The highest BCUT2D eigenvalue weighted by molar-refractivity contribution is 5.96. The molecule has 0 rings (SSSR count). The molecule has 0 aliphatic rings. The first-order chi connectivity index (χ1) is 6.04. The predicted octanol–water partition coefficient (Wildman–Crippen LogP) is 1.87. The van der Waals surface area contributed by atoms with E-state index in [9.17, 15) is 9.90 Å². The molecule has 1 amide bonds. The second kappa shape index (κ2) is 5.41. The number of allylic oxidation sites excluding steroid dienone is 2. The van der Waals surface area contributed by atoms with Crippen LogP contribution >= 0.6 is 0 Å². The smallest absolute Gasteiger partial charge is 0.256 e. The Bertz CT molecular complexity index is 239. The van der Waals surface area contributed by atoms with Crippen LogP contribution in [0, 0.1) is 0 Å². The molecule has 0 atom stereocenters. The largest absolute Gasteiger partial charge is 0.511 e. The molecule has 0 aromatic rings. The molecule has 0 aliphatic carbocycles. The van der Waals surface area contributed by atoms with Crippen LogP contribution in [-0.2, 0) is 4.79 Å². The average molecular weight is 183 g/mol. The minimum atomic E-state index is -0.169. The van der Waals surface area contributed by atoms with Gasteiger partial charge in [0, 0.05) is 20.5 Å². The summed E-state index contributed by atoms with van der Waals surface area (Å²) in [5, 5.41) is 9.45. The molecule has 0 saturated heterocycles. The van der Waals surface area contributed by atoms with E-state index in [0.717, 1.165) is 0 Å². The van der Waals surface area contributed by atoms with E-state index in [4.69, 9.17) is 0 Å². The van der Waals surface area contributed by atoms with Crippen LogP contribution in [-0.4, -0.2) is 30.0 Å². The van der Waals surface area contributed by atoms with Gasteiger partial charge in [0.15, 0.2) is 0 Å². The second-order valence-electron chi connectivity index (χ2n) is 2.91. The molecular weight excluding hydrogens is 166 g/mol. The normalized spacial score (nSPS) is 12.9. The monoisotopic (exact) mass is 183 g/mol. The number of hydrogen-bond acceptors (Lipinski definition) is 2. The maximum Gasteiger partial charge on any atom is 0.256 e. The number of rotatable bonds is 3. The van der Waals surface area contributed by atoms with Gasteiger partial charge < -0.3 is 10.0 Å².